The number of hydrogen-bond acceptors (Lipinski definition) is 8. The third kappa shape index (κ3) is 8.29. The van der Waals surface area contributed by atoms with Crippen LogP contribution in [0.3, 0.4) is 0 Å². The summed E-state index contributed by atoms with van der Waals surface area (Å²) >= 11 is 0. The quantitative estimate of drug-likeness (QED) is 0.164. The molecule has 0 bridgehead atoms. The Labute approximate surface area is 247 Å². The standard InChI is InChI=1S/C27H31N4O10PS/c1-43(39,40)14-13-20(25(28)33)30-26(34)22-15-18-4-2-3-17-8-11-21(27(35)31(22)24(17)18)29-23(32)12-7-16-5-9-19(10-6-16)41-42(36,37)38/h2-7,9-10,12,20-22H,8,11,13-15H2,1H3,(H2,28,33)(H,29,32)(H,30,34)(H2,36,37,38)/b12-7+/t20-,21-,22-/m0/s1. The van der Waals surface area contributed by atoms with Gasteiger partial charge in [-0.2, -0.15) is 0 Å². The molecular weight excluding hydrogens is 603 g/mol. The van der Waals surface area contributed by atoms with Crippen molar-refractivity contribution in [3.8, 4) is 5.75 Å². The van der Waals surface area contributed by atoms with Gasteiger partial charge >= 0.3 is 7.82 Å². The number of sulfone groups is 1. The Hall–Kier alpha value is -4.04. The first-order valence-electron chi connectivity index (χ1n) is 13.2. The fourth-order valence-corrected chi connectivity index (χ4v) is 6.09. The Kier molecular flexibility index (Phi) is 9.40. The van der Waals surface area contributed by atoms with Gasteiger partial charge in [0.05, 0.1) is 11.4 Å². The third-order valence-corrected chi connectivity index (χ3v) is 8.42. The number of nitrogens with zero attached hydrogens (tertiary/aromatic N) is 1. The highest BCUT2D eigenvalue weighted by molar-refractivity contribution is 7.90. The number of hydrogen-bond donors (Lipinski definition) is 5. The highest BCUT2D eigenvalue weighted by atomic mass is 32.2. The molecule has 4 amide bonds. The Balaban J connectivity index is 1.49. The van der Waals surface area contributed by atoms with Gasteiger partial charge in [-0.25, -0.2) is 13.0 Å². The van der Waals surface area contributed by atoms with Crippen LogP contribution in [-0.2, 0) is 46.4 Å². The van der Waals surface area contributed by atoms with Crippen molar-refractivity contribution in [3.63, 3.8) is 0 Å². The molecule has 0 unspecified atom stereocenters. The molecule has 0 aliphatic carbocycles. The Morgan fingerprint density at radius 1 is 1.16 bits per heavy atom. The summed E-state index contributed by atoms with van der Waals surface area (Å²) in [7, 11) is -8.14. The summed E-state index contributed by atoms with van der Waals surface area (Å²) in [6.45, 7) is 0. The van der Waals surface area contributed by atoms with Gasteiger partial charge in [0.15, 0.2) is 0 Å². The minimum atomic E-state index is -4.71. The van der Waals surface area contributed by atoms with Crippen LogP contribution in [0.1, 0.15) is 29.5 Å². The summed E-state index contributed by atoms with van der Waals surface area (Å²) < 4.78 is 38.6. The number of amides is 4. The summed E-state index contributed by atoms with van der Waals surface area (Å²) in [5.74, 6) is -3.11. The predicted octanol–water partition coefficient (Wildman–Crippen LogP) is -0.0350. The van der Waals surface area contributed by atoms with Gasteiger partial charge in [-0.1, -0.05) is 30.3 Å². The van der Waals surface area contributed by atoms with E-state index in [1.54, 1.807) is 6.07 Å². The van der Waals surface area contributed by atoms with E-state index in [0.29, 0.717) is 17.7 Å². The van der Waals surface area contributed by atoms with E-state index >= 15 is 0 Å². The van der Waals surface area contributed by atoms with Gasteiger partial charge in [-0.15, -0.1) is 0 Å². The van der Waals surface area contributed by atoms with E-state index in [4.69, 9.17) is 15.5 Å². The number of rotatable bonds is 11. The number of primary amides is 1. The Morgan fingerprint density at radius 3 is 2.47 bits per heavy atom. The SMILES string of the molecule is CS(=O)(=O)CC[C@H](NC(=O)[C@@H]1Cc2cccc3c2N1C(=O)[C@@H](NC(=O)/C=C/c1ccc(OP(=O)(O)O)cc1)CC3)C(N)=O. The van der Waals surface area contributed by atoms with Crippen LogP contribution in [0.25, 0.3) is 6.08 Å². The fourth-order valence-electron chi connectivity index (χ4n) is 5.03. The number of carbonyl (C=O) groups excluding carboxylic acids is 4. The molecule has 2 heterocycles. The van der Waals surface area contributed by atoms with E-state index in [1.807, 2.05) is 12.1 Å². The number of nitrogens with one attached hydrogen (secondary N) is 2. The van der Waals surface area contributed by atoms with E-state index < -0.39 is 59.4 Å². The van der Waals surface area contributed by atoms with Gasteiger partial charge in [0, 0.05) is 18.8 Å². The zero-order valence-corrected chi connectivity index (χ0v) is 24.7. The zero-order valence-electron chi connectivity index (χ0n) is 23.0. The summed E-state index contributed by atoms with van der Waals surface area (Å²) in [5, 5.41) is 5.18. The highest BCUT2D eigenvalue weighted by Gasteiger charge is 2.44. The van der Waals surface area contributed by atoms with Crippen molar-refractivity contribution in [2.75, 3.05) is 16.9 Å². The maximum Gasteiger partial charge on any atom is 0.524 e. The lowest BCUT2D eigenvalue weighted by Crippen LogP contribution is -2.57. The van der Waals surface area contributed by atoms with E-state index in [-0.39, 0.29) is 30.8 Å². The van der Waals surface area contributed by atoms with Crippen molar-refractivity contribution in [1.29, 1.82) is 0 Å². The van der Waals surface area contributed by atoms with Crippen molar-refractivity contribution in [3.05, 3.63) is 65.2 Å². The molecule has 2 aliphatic heterocycles. The number of para-hydroxylation sites is 1. The van der Waals surface area contributed by atoms with Crippen molar-refractivity contribution in [2.45, 2.75) is 43.8 Å². The largest absolute Gasteiger partial charge is 0.524 e. The summed E-state index contributed by atoms with van der Waals surface area (Å²) in [6, 6.07) is 7.75. The molecule has 230 valence electrons. The Bertz CT molecular complexity index is 1620. The molecule has 16 heteroatoms. The van der Waals surface area contributed by atoms with Crippen LogP contribution in [0.2, 0.25) is 0 Å². The van der Waals surface area contributed by atoms with Crippen LogP contribution >= 0.6 is 7.82 Å². The topological polar surface area (TPSA) is 222 Å². The number of carbonyl (C=O) groups is 4. The average Bonchev–Trinajstić information content (AvgIpc) is 3.25. The first-order valence-corrected chi connectivity index (χ1v) is 16.8. The van der Waals surface area contributed by atoms with E-state index in [9.17, 15) is 32.2 Å². The lowest BCUT2D eigenvalue weighted by Gasteiger charge is -2.28. The fraction of sp³-hybridized carbons (Fsp3) is 0.333. The molecule has 43 heavy (non-hydrogen) atoms. The minimum Gasteiger partial charge on any atom is -0.404 e. The number of phosphoric ester groups is 1. The van der Waals surface area contributed by atoms with Gasteiger partial charge in [-0.3, -0.25) is 33.9 Å². The molecular formula is C27H31N4O10PS. The summed E-state index contributed by atoms with van der Waals surface area (Å²) in [4.78, 5) is 71.1. The maximum atomic E-state index is 13.8. The molecule has 0 fully saturated rings. The molecule has 4 rings (SSSR count). The first-order chi connectivity index (χ1) is 20.1. The maximum absolute atomic E-state index is 13.8. The van der Waals surface area contributed by atoms with Gasteiger partial charge in [0.2, 0.25) is 23.6 Å². The second kappa shape index (κ2) is 12.7. The molecule has 0 saturated heterocycles. The molecule has 0 aromatic heterocycles. The number of aryl methyl sites for hydroxylation is 1. The number of nitrogens with two attached hydrogens (primary N) is 1. The smallest absolute Gasteiger partial charge is 0.404 e. The van der Waals surface area contributed by atoms with Gasteiger partial charge in [-0.05, 0) is 54.2 Å². The van der Waals surface area contributed by atoms with Crippen LogP contribution in [-0.4, -0.2) is 72.0 Å². The van der Waals surface area contributed by atoms with Crippen LogP contribution in [0.5, 0.6) is 5.75 Å². The second-order valence-electron chi connectivity index (χ2n) is 10.3. The molecule has 6 N–H and O–H groups in total. The third-order valence-electron chi connectivity index (χ3n) is 6.99. The minimum absolute atomic E-state index is 0.0559. The average molecular weight is 635 g/mol. The zero-order chi connectivity index (χ0) is 31.5. The summed E-state index contributed by atoms with van der Waals surface area (Å²) in [6.07, 6.45) is 4.27. The highest BCUT2D eigenvalue weighted by Crippen LogP contribution is 2.39. The van der Waals surface area contributed by atoms with Crippen molar-refractivity contribution in [2.24, 2.45) is 5.73 Å². The molecule has 0 spiro atoms. The van der Waals surface area contributed by atoms with Crippen LogP contribution in [0.15, 0.2) is 48.5 Å². The van der Waals surface area contributed by atoms with Gasteiger partial charge < -0.3 is 20.9 Å². The normalized spacial score (nSPS) is 19.0. The lowest BCUT2D eigenvalue weighted by molar-refractivity contribution is -0.130. The van der Waals surface area contributed by atoms with Crippen molar-refractivity contribution >= 4 is 53.1 Å². The molecule has 0 radical (unpaired) electrons. The molecule has 2 aromatic rings. The van der Waals surface area contributed by atoms with E-state index in [1.165, 1.54) is 41.3 Å². The van der Waals surface area contributed by atoms with Crippen molar-refractivity contribution < 1.29 is 46.5 Å². The van der Waals surface area contributed by atoms with Gasteiger partial charge in [0.1, 0.15) is 33.7 Å². The van der Waals surface area contributed by atoms with E-state index in [0.717, 1.165) is 17.4 Å². The number of anilines is 1. The van der Waals surface area contributed by atoms with Crippen LogP contribution in [0, 0.1) is 0 Å². The molecule has 2 aliphatic rings. The molecule has 2 aromatic carbocycles. The Morgan fingerprint density at radius 2 is 1.84 bits per heavy atom. The first kappa shape index (κ1) is 31.9. The number of phosphoric acid groups is 1. The van der Waals surface area contributed by atoms with Crippen LogP contribution < -0.4 is 25.8 Å². The van der Waals surface area contributed by atoms with E-state index in [2.05, 4.69) is 15.2 Å². The molecule has 14 nitrogen and oxygen atoms in total. The lowest BCUT2D eigenvalue weighted by atomic mass is 10.0. The molecule has 3 atom stereocenters. The second-order valence-corrected chi connectivity index (χ2v) is 13.7. The summed E-state index contributed by atoms with van der Waals surface area (Å²) in [5.41, 5.74) is 8.07. The molecule has 0 saturated carbocycles. The monoisotopic (exact) mass is 634 g/mol. The number of benzene rings is 2. The van der Waals surface area contributed by atoms with Crippen molar-refractivity contribution in [1.82, 2.24) is 10.6 Å². The predicted molar refractivity (Wildman–Crippen MR) is 155 cm³/mol. The van der Waals surface area contributed by atoms with Gasteiger partial charge in [0.25, 0.3) is 0 Å². The van der Waals surface area contributed by atoms with Crippen LogP contribution in [0.4, 0.5) is 5.69 Å².